The lowest BCUT2D eigenvalue weighted by atomic mass is 10.2. The molecule has 1 aliphatic heterocycles. The van der Waals surface area contributed by atoms with Crippen molar-refractivity contribution < 1.29 is 5.11 Å². The number of benzene rings is 1. The van der Waals surface area contributed by atoms with Crippen LogP contribution in [0.2, 0.25) is 0 Å². The average Bonchev–Trinajstić information content (AvgIpc) is 3.17. The lowest BCUT2D eigenvalue weighted by Gasteiger charge is -2.24. The lowest BCUT2D eigenvalue weighted by Crippen LogP contribution is -2.36. The van der Waals surface area contributed by atoms with Gasteiger partial charge in [0.1, 0.15) is 10.9 Å². The smallest absolute Gasteiger partial charge is 0.124 e. The van der Waals surface area contributed by atoms with Gasteiger partial charge in [-0.05, 0) is 47.6 Å². The molecule has 118 valence electrons. The van der Waals surface area contributed by atoms with E-state index in [4.69, 9.17) is 5.11 Å². The number of aromatic nitrogens is 2. The third kappa shape index (κ3) is 3.34. The Labute approximate surface area is 139 Å². The number of likely N-dealkylation sites (N-methyl/N-ethyl adjacent to an activating group) is 1. The standard InChI is InChI=1S/C16H21BrN4O/c1-19(7-8-22)15-5-6-20(10-15)13-3-2-4-14(9-13)21-11-16(17)18-12-21/h2-4,9,11-12,15,22H,5-8,10H2,1H3. The van der Waals surface area contributed by atoms with Crippen molar-refractivity contribution in [3.63, 3.8) is 0 Å². The van der Waals surface area contributed by atoms with Crippen molar-refractivity contribution in [2.75, 3.05) is 38.2 Å². The number of anilines is 1. The molecule has 0 amide bonds. The van der Waals surface area contributed by atoms with Crippen molar-refractivity contribution >= 4 is 21.6 Å². The summed E-state index contributed by atoms with van der Waals surface area (Å²) in [7, 11) is 2.09. The minimum Gasteiger partial charge on any atom is -0.395 e. The van der Waals surface area contributed by atoms with Gasteiger partial charge in [-0.15, -0.1) is 0 Å². The van der Waals surface area contributed by atoms with E-state index in [9.17, 15) is 0 Å². The quantitative estimate of drug-likeness (QED) is 0.882. The monoisotopic (exact) mass is 364 g/mol. The summed E-state index contributed by atoms with van der Waals surface area (Å²) in [6.45, 7) is 3.02. The van der Waals surface area contributed by atoms with Gasteiger partial charge in [-0.2, -0.15) is 0 Å². The Morgan fingerprint density at radius 2 is 2.23 bits per heavy atom. The van der Waals surface area contributed by atoms with Gasteiger partial charge in [0.2, 0.25) is 0 Å². The SMILES string of the molecule is CN(CCO)C1CCN(c2cccc(-n3cnc(Br)c3)c2)C1. The van der Waals surface area contributed by atoms with E-state index >= 15 is 0 Å². The van der Waals surface area contributed by atoms with Gasteiger partial charge < -0.3 is 14.6 Å². The molecule has 0 saturated carbocycles. The van der Waals surface area contributed by atoms with Gasteiger partial charge in [-0.3, -0.25) is 4.90 Å². The number of halogens is 1. The number of imidazole rings is 1. The molecular formula is C16H21BrN4O. The van der Waals surface area contributed by atoms with Crippen LogP contribution < -0.4 is 4.90 Å². The van der Waals surface area contributed by atoms with E-state index in [2.05, 4.69) is 62.0 Å². The Morgan fingerprint density at radius 3 is 2.95 bits per heavy atom. The predicted molar refractivity (Wildman–Crippen MR) is 91.6 cm³/mol. The predicted octanol–water partition coefficient (Wildman–Crippen LogP) is 2.14. The molecule has 0 spiro atoms. The maximum atomic E-state index is 9.08. The molecule has 6 heteroatoms. The second-order valence-corrected chi connectivity index (χ2v) is 6.53. The zero-order valence-electron chi connectivity index (χ0n) is 12.7. The van der Waals surface area contributed by atoms with Crippen molar-refractivity contribution in [2.24, 2.45) is 0 Å². The summed E-state index contributed by atoms with van der Waals surface area (Å²) in [5, 5.41) is 9.08. The molecule has 2 aromatic rings. The molecule has 1 atom stereocenters. The first-order chi connectivity index (χ1) is 10.7. The van der Waals surface area contributed by atoms with Crippen LogP contribution in [0.1, 0.15) is 6.42 Å². The molecule has 1 aromatic heterocycles. The van der Waals surface area contributed by atoms with Gasteiger partial charge in [0.15, 0.2) is 0 Å². The van der Waals surface area contributed by atoms with Crippen LogP contribution in [0.25, 0.3) is 5.69 Å². The fourth-order valence-electron chi connectivity index (χ4n) is 2.97. The zero-order chi connectivity index (χ0) is 15.5. The van der Waals surface area contributed by atoms with E-state index in [1.165, 1.54) is 5.69 Å². The summed E-state index contributed by atoms with van der Waals surface area (Å²) in [6.07, 6.45) is 4.91. The minimum atomic E-state index is 0.220. The first-order valence-corrected chi connectivity index (χ1v) is 8.32. The van der Waals surface area contributed by atoms with E-state index in [0.29, 0.717) is 6.04 Å². The molecule has 22 heavy (non-hydrogen) atoms. The van der Waals surface area contributed by atoms with Gasteiger partial charge in [0, 0.05) is 43.2 Å². The number of hydrogen-bond donors (Lipinski definition) is 1. The third-order valence-corrected chi connectivity index (χ3v) is 4.69. The van der Waals surface area contributed by atoms with Crippen LogP contribution in [0.5, 0.6) is 0 Å². The largest absolute Gasteiger partial charge is 0.395 e. The maximum Gasteiger partial charge on any atom is 0.124 e. The number of aliphatic hydroxyl groups is 1. The lowest BCUT2D eigenvalue weighted by molar-refractivity contribution is 0.188. The number of rotatable bonds is 5. The van der Waals surface area contributed by atoms with Crippen molar-refractivity contribution in [3.05, 3.63) is 41.4 Å². The summed E-state index contributed by atoms with van der Waals surface area (Å²) in [6, 6.07) is 9.04. The fraction of sp³-hybridized carbons (Fsp3) is 0.438. The minimum absolute atomic E-state index is 0.220. The number of hydrogen-bond acceptors (Lipinski definition) is 4. The molecule has 1 saturated heterocycles. The van der Waals surface area contributed by atoms with Crippen LogP contribution in [-0.2, 0) is 0 Å². The molecule has 0 bridgehead atoms. The maximum absolute atomic E-state index is 9.08. The van der Waals surface area contributed by atoms with Gasteiger partial charge in [-0.25, -0.2) is 4.98 Å². The molecule has 5 nitrogen and oxygen atoms in total. The molecule has 3 rings (SSSR count). The van der Waals surface area contributed by atoms with Gasteiger partial charge in [0.05, 0.1) is 6.61 Å². The summed E-state index contributed by atoms with van der Waals surface area (Å²) in [5.74, 6) is 0. The van der Waals surface area contributed by atoms with Crippen LogP contribution in [-0.4, -0.2) is 58.9 Å². The van der Waals surface area contributed by atoms with Crippen molar-refractivity contribution in [3.8, 4) is 5.69 Å². The van der Waals surface area contributed by atoms with E-state index in [1.807, 2.05) is 17.1 Å². The van der Waals surface area contributed by atoms with Crippen LogP contribution in [0.4, 0.5) is 5.69 Å². The first kappa shape index (κ1) is 15.5. The topological polar surface area (TPSA) is 44.5 Å². The van der Waals surface area contributed by atoms with Crippen LogP contribution >= 0.6 is 15.9 Å². The summed E-state index contributed by atoms with van der Waals surface area (Å²) in [4.78, 5) is 8.87. The van der Waals surface area contributed by atoms with Crippen molar-refractivity contribution in [2.45, 2.75) is 12.5 Å². The van der Waals surface area contributed by atoms with Gasteiger partial charge in [-0.1, -0.05) is 6.07 Å². The highest BCUT2D eigenvalue weighted by atomic mass is 79.9. The third-order valence-electron chi connectivity index (χ3n) is 4.28. The number of aliphatic hydroxyl groups excluding tert-OH is 1. The van der Waals surface area contributed by atoms with Crippen molar-refractivity contribution in [1.82, 2.24) is 14.5 Å². The first-order valence-electron chi connectivity index (χ1n) is 7.53. The molecule has 1 N–H and O–H groups in total. The Bertz CT molecular complexity index is 630. The normalized spacial score (nSPS) is 18.4. The highest BCUT2D eigenvalue weighted by Crippen LogP contribution is 2.25. The van der Waals surface area contributed by atoms with Crippen LogP contribution in [0.3, 0.4) is 0 Å². The fourth-order valence-corrected chi connectivity index (χ4v) is 3.28. The molecule has 1 aromatic carbocycles. The van der Waals surface area contributed by atoms with Gasteiger partial charge in [0.25, 0.3) is 0 Å². The summed E-state index contributed by atoms with van der Waals surface area (Å²) >= 11 is 3.38. The Hall–Kier alpha value is -1.37. The van der Waals surface area contributed by atoms with E-state index in [1.54, 1.807) is 0 Å². The highest BCUT2D eigenvalue weighted by Gasteiger charge is 2.25. The Kier molecular flexibility index (Phi) is 4.81. The van der Waals surface area contributed by atoms with E-state index in [0.717, 1.165) is 36.3 Å². The van der Waals surface area contributed by atoms with Gasteiger partial charge >= 0.3 is 0 Å². The Morgan fingerprint density at radius 1 is 1.41 bits per heavy atom. The van der Waals surface area contributed by atoms with Crippen LogP contribution in [0, 0.1) is 0 Å². The molecule has 1 aliphatic rings. The molecule has 0 aliphatic carbocycles. The zero-order valence-corrected chi connectivity index (χ0v) is 14.3. The second kappa shape index (κ2) is 6.81. The second-order valence-electron chi connectivity index (χ2n) is 5.72. The molecule has 0 radical (unpaired) electrons. The van der Waals surface area contributed by atoms with Crippen molar-refractivity contribution in [1.29, 1.82) is 0 Å². The molecule has 2 heterocycles. The van der Waals surface area contributed by atoms with Crippen LogP contribution in [0.15, 0.2) is 41.4 Å². The summed E-state index contributed by atoms with van der Waals surface area (Å²) in [5.41, 5.74) is 2.35. The van der Waals surface area contributed by atoms with E-state index < -0.39 is 0 Å². The van der Waals surface area contributed by atoms with E-state index in [-0.39, 0.29) is 6.61 Å². The highest BCUT2D eigenvalue weighted by molar-refractivity contribution is 9.10. The molecular weight excluding hydrogens is 344 g/mol. The number of nitrogens with zero attached hydrogens (tertiary/aromatic N) is 4. The summed E-state index contributed by atoms with van der Waals surface area (Å²) < 4.78 is 2.85. The average molecular weight is 365 g/mol. The molecule has 1 unspecified atom stereocenters. The molecule has 1 fully saturated rings. The Balaban J connectivity index is 1.73.